The van der Waals surface area contributed by atoms with Crippen LogP contribution in [0, 0.1) is 0 Å². The Hall–Kier alpha value is -5.56. The first-order valence-corrected chi connectivity index (χ1v) is 12.8. The van der Waals surface area contributed by atoms with Crippen LogP contribution in [0.15, 0.2) is 82.5 Å². The van der Waals surface area contributed by atoms with Gasteiger partial charge in [-0.1, -0.05) is 31.2 Å². The maximum absolute atomic E-state index is 13.6. The molecule has 13 nitrogen and oxygen atoms in total. The molecule has 208 valence electrons. The van der Waals surface area contributed by atoms with Crippen molar-refractivity contribution in [3.63, 3.8) is 0 Å². The van der Waals surface area contributed by atoms with Crippen molar-refractivity contribution in [2.24, 2.45) is 0 Å². The van der Waals surface area contributed by atoms with Crippen LogP contribution < -0.4 is 22.1 Å². The van der Waals surface area contributed by atoms with Gasteiger partial charge in [-0.3, -0.25) is 19.4 Å². The molecule has 0 aliphatic carbocycles. The van der Waals surface area contributed by atoms with Crippen LogP contribution in [0.2, 0.25) is 0 Å². The van der Waals surface area contributed by atoms with Gasteiger partial charge >= 0.3 is 5.91 Å². The zero-order valence-electron chi connectivity index (χ0n) is 22.0. The summed E-state index contributed by atoms with van der Waals surface area (Å²) in [6.45, 7) is 2.30. The van der Waals surface area contributed by atoms with Gasteiger partial charge < -0.3 is 20.5 Å². The van der Waals surface area contributed by atoms with E-state index in [1.807, 2.05) is 48.5 Å². The summed E-state index contributed by atoms with van der Waals surface area (Å²) in [4.78, 5) is 44.2. The van der Waals surface area contributed by atoms with Crippen LogP contribution in [-0.2, 0) is 13.0 Å². The Labute approximate surface area is 233 Å². The maximum atomic E-state index is 13.6. The minimum absolute atomic E-state index is 0.00507. The Kier molecular flexibility index (Phi) is 7.97. The minimum Gasteiger partial charge on any atom is -0.454 e. The topological polar surface area (TPSA) is 190 Å². The van der Waals surface area contributed by atoms with E-state index in [0.717, 1.165) is 12.1 Å². The van der Waals surface area contributed by atoms with Crippen molar-refractivity contribution < 1.29 is 14.4 Å². The number of fused-ring (bicyclic) bond motifs is 2. The molecular weight excluding hydrogens is 526 g/mol. The second-order valence-corrected chi connectivity index (χ2v) is 8.87. The van der Waals surface area contributed by atoms with E-state index in [1.54, 1.807) is 10.6 Å². The third-order valence-corrected chi connectivity index (χ3v) is 6.15. The van der Waals surface area contributed by atoms with Crippen LogP contribution in [0.25, 0.3) is 27.8 Å². The van der Waals surface area contributed by atoms with Gasteiger partial charge in [-0.2, -0.15) is 0 Å². The van der Waals surface area contributed by atoms with E-state index < -0.39 is 5.91 Å². The minimum atomic E-state index is -0.727. The van der Waals surface area contributed by atoms with Gasteiger partial charge in [0.25, 0.3) is 5.56 Å². The van der Waals surface area contributed by atoms with Crippen molar-refractivity contribution in [3.05, 3.63) is 101 Å². The number of aryl methyl sites for hydroxylation is 1. The predicted molar refractivity (Wildman–Crippen MR) is 153 cm³/mol. The summed E-state index contributed by atoms with van der Waals surface area (Å²) in [5, 5.41) is 12.4. The molecule has 0 aliphatic rings. The third-order valence-electron chi connectivity index (χ3n) is 6.15. The number of carbonyl (C=O) groups excluding carboxylic acids is 1. The molecule has 0 atom stereocenters. The van der Waals surface area contributed by atoms with Crippen molar-refractivity contribution in [1.29, 1.82) is 0 Å². The fourth-order valence-electron chi connectivity index (χ4n) is 4.27. The van der Waals surface area contributed by atoms with Gasteiger partial charge in [0, 0.05) is 12.1 Å². The number of nitrogens with two attached hydrogens (primary N) is 1. The fraction of sp³-hybridized carbons (Fsp3) is 0.143. The maximum Gasteiger partial charge on any atom is 0.310 e. The number of H-pyrrole nitrogens is 1. The highest BCUT2D eigenvalue weighted by atomic mass is 16.5. The van der Waals surface area contributed by atoms with E-state index in [2.05, 4.69) is 32.2 Å². The van der Waals surface area contributed by atoms with Crippen LogP contribution in [0.3, 0.4) is 0 Å². The normalized spacial score (nSPS) is 10.8. The molecule has 0 unspecified atom stereocenters. The number of hydrogen-bond donors (Lipinski definition) is 5. The van der Waals surface area contributed by atoms with E-state index >= 15 is 0 Å². The number of nitrogens with zero attached hydrogens (tertiary/aromatic N) is 5. The molecule has 1 amide bonds. The lowest BCUT2D eigenvalue weighted by molar-refractivity contribution is 0.0674. The Bertz CT molecular complexity index is 1860. The number of imidazole rings is 1. The number of anilines is 2. The molecule has 13 heteroatoms. The average molecular weight is 554 g/mol. The third kappa shape index (κ3) is 5.74. The standard InChI is InChI=1S/C23H22N4O4.C5H5N5/c1-2-7-20-25-18-11-6-10-17(24-14-16-12-13-19(31-16)22(28)26-30)21(18)23(29)27(20)15-8-4-3-5-9-15;6-4-3-5(9-1-7-3)10-2-8-4/h3-6,8-13,24,30H,2,7,14H2,1H3,(H,26,28);1-2H,(H3,6,7,8,9,10). The zero-order chi connectivity index (χ0) is 28.8. The Balaban J connectivity index is 0.000000282. The number of nitrogens with one attached hydrogen (secondary N) is 3. The van der Waals surface area contributed by atoms with Gasteiger partial charge in [-0.25, -0.2) is 25.4 Å². The van der Waals surface area contributed by atoms with Crippen molar-refractivity contribution in [3.8, 4) is 5.69 Å². The first-order chi connectivity index (χ1) is 20.0. The van der Waals surface area contributed by atoms with E-state index in [4.69, 9.17) is 20.3 Å². The zero-order valence-corrected chi connectivity index (χ0v) is 22.0. The van der Waals surface area contributed by atoms with E-state index in [9.17, 15) is 9.59 Å². The highest BCUT2D eigenvalue weighted by Crippen LogP contribution is 2.22. The summed E-state index contributed by atoms with van der Waals surface area (Å²) in [6, 6.07) is 18.0. The Morgan fingerprint density at radius 2 is 1.90 bits per heavy atom. The Morgan fingerprint density at radius 1 is 1.07 bits per heavy atom. The molecular formula is C28H27N9O4. The van der Waals surface area contributed by atoms with Gasteiger partial charge in [-0.05, 0) is 42.8 Å². The molecule has 6 N–H and O–H groups in total. The van der Waals surface area contributed by atoms with Gasteiger partial charge in [0.1, 0.15) is 23.4 Å². The van der Waals surface area contributed by atoms with E-state index in [-0.39, 0.29) is 17.9 Å². The van der Waals surface area contributed by atoms with Crippen LogP contribution in [-0.4, -0.2) is 40.6 Å². The summed E-state index contributed by atoms with van der Waals surface area (Å²) >= 11 is 0. The average Bonchev–Trinajstić information content (AvgIpc) is 3.68. The molecule has 0 saturated heterocycles. The van der Waals surface area contributed by atoms with Gasteiger partial charge in [0.2, 0.25) is 0 Å². The van der Waals surface area contributed by atoms with Crippen LogP contribution >= 0.6 is 0 Å². The number of aromatic nitrogens is 6. The lowest BCUT2D eigenvalue weighted by Gasteiger charge is -2.15. The molecule has 0 bridgehead atoms. The number of nitrogen functional groups attached to an aromatic ring is 1. The number of furan rings is 1. The number of benzene rings is 2. The smallest absolute Gasteiger partial charge is 0.310 e. The van der Waals surface area contributed by atoms with Crippen molar-refractivity contribution >= 4 is 39.5 Å². The summed E-state index contributed by atoms with van der Waals surface area (Å²) in [7, 11) is 0. The van der Waals surface area contributed by atoms with Crippen LogP contribution in [0.4, 0.5) is 11.5 Å². The molecule has 6 rings (SSSR count). The number of carbonyl (C=O) groups is 1. The number of amides is 1. The predicted octanol–water partition coefficient (Wildman–Crippen LogP) is 3.60. The highest BCUT2D eigenvalue weighted by molar-refractivity contribution is 5.91. The second-order valence-electron chi connectivity index (χ2n) is 8.87. The Morgan fingerprint density at radius 3 is 2.66 bits per heavy atom. The van der Waals surface area contributed by atoms with Gasteiger partial charge in [0.15, 0.2) is 17.2 Å². The first kappa shape index (κ1) is 27.0. The van der Waals surface area contributed by atoms with Gasteiger partial charge in [0.05, 0.1) is 29.5 Å². The molecule has 41 heavy (non-hydrogen) atoms. The summed E-state index contributed by atoms with van der Waals surface area (Å²) in [5.41, 5.74) is 10.2. The summed E-state index contributed by atoms with van der Waals surface area (Å²) in [6.07, 6.45) is 4.47. The number of hydrogen-bond acceptors (Lipinski definition) is 10. The SMILES string of the molecule is CCCc1nc2cccc(NCc3ccc(C(=O)NO)o3)c2c(=O)n1-c1ccccc1.Nc1ncnc2nc[nH]c12. The van der Waals surface area contributed by atoms with Crippen molar-refractivity contribution in [2.75, 3.05) is 11.1 Å². The molecule has 0 radical (unpaired) electrons. The van der Waals surface area contributed by atoms with Crippen molar-refractivity contribution in [2.45, 2.75) is 26.3 Å². The number of para-hydroxylation sites is 1. The molecule has 2 aromatic carbocycles. The van der Waals surface area contributed by atoms with Gasteiger partial charge in [-0.15, -0.1) is 0 Å². The molecule has 0 spiro atoms. The second kappa shape index (κ2) is 12.1. The quantitative estimate of drug-likeness (QED) is 0.144. The molecule has 0 fully saturated rings. The first-order valence-electron chi connectivity index (χ1n) is 12.8. The number of hydroxylamine groups is 1. The lowest BCUT2D eigenvalue weighted by atomic mass is 10.1. The molecule has 0 aliphatic heterocycles. The highest BCUT2D eigenvalue weighted by Gasteiger charge is 2.16. The summed E-state index contributed by atoms with van der Waals surface area (Å²) in [5.74, 6) is 0.899. The van der Waals surface area contributed by atoms with E-state index in [1.165, 1.54) is 24.2 Å². The molecule has 4 aromatic heterocycles. The molecule has 6 aromatic rings. The lowest BCUT2D eigenvalue weighted by Crippen LogP contribution is -2.24. The van der Waals surface area contributed by atoms with Crippen LogP contribution in [0.5, 0.6) is 0 Å². The summed E-state index contributed by atoms with van der Waals surface area (Å²) < 4.78 is 7.07. The molecule has 4 heterocycles. The van der Waals surface area contributed by atoms with E-state index in [0.29, 0.717) is 51.6 Å². The largest absolute Gasteiger partial charge is 0.454 e. The van der Waals surface area contributed by atoms with Crippen LogP contribution in [0.1, 0.15) is 35.5 Å². The van der Waals surface area contributed by atoms with Crippen molar-refractivity contribution in [1.82, 2.24) is 35.0 Å². The fourth-order valence-corrected chi connectivity index (χ4v) is 4.27. The monoisotopic (exact) mass is 553 g/mol. The molecule has 0 saturated carbocycles. The number of aromatic amines is 1. The number of rotatable bonds is 7.